The van der Waals surface area contributed by atoms with Gasteiger partial charge in [-0.1, -0.05) is 0 Å². The Bertz CT molecular complexity index is 452. The average Bonchev–Trinajstić information content (AvgIpc) is 3.07. The predicted octanol–water partition coefficient (Wildman–Crippen LogP) is 3.75. The van der Waals surface area contributed by atoms with Gasteiger partial charge in [-0.05, 0) is 36.6 Å². The summed E-state index contributed by atoms with van der Waals surface area (Å²) in [6.45, 7) is -0.453. The van der Waals surface area contributed by atoms with Crippen LogP contribution in [0.4, 0.5) is 26.3 Å². The summed E-state index contributed by atoms with van der Waals surface area (Å²) in [6, 6.07) is 1.48. The Kier molecular flexibility index (Phi) is 3.08. The van der Waals surface area contributed by atoms with Gasteiger partial charge in [-0.2, -0.15) is 26.3 Å². The van der Waals surface area contributed by atoms with E-state index in [-0.39, 0.29) is 11.6 Å². The van der Waals surface area contributed by atoms with E-state index in [9.17, 15) is 26.3 Å². The molecule has 0 atom stereocenters. The molecular weight excluding hydrogens is 274 g/mol. The van der Waals surface area contributed by atoms with Crippen molar-refractivity contribution in [1.82, 2.24) is 0 Å². The Hall–Kier alpha value is -1.24. The third kappa shape index (κ3) is 2.70. The highest BCUT2D eigenvalue weighted by Gasteiger charge is 2.46. The first-order valence-corrected chi connectivity index (χ1v) is 5.49. The molecule has 0 aliphatic heterocycles. The second kappa shape index (κ2) is 4.13. The maximum Gasteiger partial charge on any atom is 0.416 e. The number of hydrogen-bond donors (Lipinski definition) is 1. The molecule has 0 amide bonds. The first kappa shape index (κ1) is 14.2. The SMILES string of the molecule is OCC1(c2cc(C(F)(F)F)cc(C(F)(F)F)c2)CC1. The van der Waals surface area contributed by atoms with Gasteiger partial charge in [-0.15, -0.1) is 0 Å². The Morgan fingerprint density at radius 3 is 1.58 bits per heavy atom. The molecule has 1 aliphatic carbocycles. The molecule has 106 valence electrons. The van der Waals surface area contributed by atoms with Crippen molar-refractivity contribution in [2.24, 2.45) is 0 Å². The Morgan fingerprint density at radius 1 is 0.895 bits per heavy atom. The van der Waals surface area contributed by atoms with Crippen molar-refractivity contribution < 1.29 is 31.4 Å². The van der Waals surface area contributed by atoms with Crippen LogP contribution >= 0.6 is 0 Å². The topological polar surface area (TPSA) is 20.2 Å². The van der Waals surface area contributed by atoms with Crippen LogP contribution in [0.5, 0.6) is 0 Å². The van der Waals surface area contributed by atoms with Crippen molar-refractivity contribution in [1.29, 1.82) is 0 Å². The van der Waals surface area contributed by atoms with Crippen LogP contribution in [0.1, 0.15) is 29.5 Å². The van der Waals surface area contributed by atoms with Crippen LogP contribution in [0.2, 0.25) is 0 Å². The number of rotatable bonds is 2. The van der Waals surface area contributed by atoms with E-state index >= 15 is 0 Å². The summed E-state index contributed by atoms with van der Waals surface area (Å²) in [4.78, 5) is 0. The highest BCUT2D eigenvalue weighted by Crippen LogP contribution is 2.50. The number of aliphatic hydroxyl groups excluding tert-OH is 1. The zero-order chi connectivity index (χ0) is 14.5. The van der Waals surface area contributed by atoms with Gasteiger partial charge in [0.2, 0.25) is 0 Å². The standard InChI is InChI=1S/C12H10F6O/c13-11(14,15)8-3-7(10(6-19)1-2-10)4-9(5-8)12(16,17)18/h3-5,19H,1-2,6H2. The van der Waals surface area contributed by atoms with Crippen molar-refractivity contribution >= 4 is 0 Å². The first-order chi connectivity index (χ1) is 8.58. The van der Waals surface area contributed by atoms with Gasteiger partial charge in [0.05, 0.1) is 17.7 Å². The lowest BCUT2D eigenvalue weighted by molar-refractivity contribution is -0.143. The summed E-state index contributed by atoms with van der Waals surface area (Å²) >= 11 is 0. The van der Waals surface area contributed by atoms with Gasteiger partial charge in [-0.25, -0.2) is 0 Å². The van der Waals surface area contributed by atoms with Gasteiger partial charge in [0.15, 0.2) is 0 Å². The molecule has 0 aromatic heterocycles. The largest absolute Gasteiger partial charge is 0.416 e. The van der Waals surface area contributed by atoms with Crippen molar-refractivity contribution in [2.45, 2.75) is 30.6 Å². The minimum Gasteiger partial charge on any atom is -0.395 e. The lowest BCUT2D eigenvalue weighted by Gasteiger charge is -2.18. The van der Waals surface area contributed by atoms with Crippen LogP contribution < -0.4 is 0 Å². The molecule has 0 radical (unpaired) electrons. The van der Waals surface area contributed by atoms with Gasteiger partial charge in [0, 0.05) is 5.41 Å². The highest BCUT2D eigenvalue weighted by molar-refractivity contribution is 5.40. The van der Waals surface area contributed by atoms with Crippen molar-refractivity contribution in [3.8, 4) is 0 Å². The molecule has 19 heavy (non-hydrogen) atoms. The van der Waals surface area contributed by atoms with E-state index in [4.69, 9.17) is 5.11 Å². The molecular formula is C12H10F6O. The van der Waals surface area contributed by atoms with Gasteiger partial charge in [0.1, 0.15) is 0 Å². The smallest absolute Gasteiger partial charge is 0.395 e. The molecule has 0 saturated heterocycles. The normalized spacial score (nSPS) is 18.5. The van der Waals surface area contributed by atoms with Crippen LogP contribution in [-0.2, 0) is 17.8 Å². The molecule has 0 heterocycles. The summed E-state index contributed by atoms with van der Waals surface area (Å²) in [7, 11) is 0. The minimum atomic E-state index is -4.85. The third-order valence-corrected chi connectivity index (χ3v) is 3.36. The van der Waals surface area contributed by atoms with Crippen LogP contribution in [0, 0.1) is 0 Å². The monoisotopic (exact) mass is 284 g/mol. The first-order valence-electron chi connectivity index (χ1n) is 5.49. The molecule has 2 rings (SSSR count). The van der Waals surface area contributed by atoms with Crippen LogP contribution in [0.25, 0.3) is 0 Å². The minimum absolute atomic E-state index is 0.0942. The van der Waals surface area contributed by atoms with Crippen LogP contribution in [-0.4, -0.2) is 11.7 Å². The third-order valence-electron chi connectivity index (χ3n) is 3.36. The fourth-order valence-corrected chi connectivity index (χ4v) is 1.95. The summed E-state index contributed by atoms with van der Waals surface area (Å²) in [6.07, 6.45) is -8.91. The molecule has 1 saturated carbocycles. The Labute approximate surface area is 104 Å². The number of aliphatic hydroxyl groups is 1. The van der Waals surface area contributed by atoms with Crippen LogP contribution in [0.3, 0.4) is 0 Å². The summed E-state index contributed by atoms with van der Waals surface area (Å²) < 4.78 is 75.7. The summed E-state index contributed by atoms with van der Waals surface area (Å²) in [5, 5.41) is 9.13. The van der Waals surface area contributed by atoms with E-state index in [2.05, 4.69) is 0 Å². The highest BCUT2D eigenvalue weighted by atomic mass is 19.4. The van der Waals surface area contributed by atoms with E-state index in [1.165, 1.54) is 0 Å². The molecule has 0 spiro atoms. The number of benzene rings is 1. The summed E-state index contributed by atoms with van der Waals surface area (Å²) in [5.41, 5.74) is -3.72. The Morgan fingerprint density at radius 2 is 1.32 bits per heavy atom. The number of hydrogen-bond acceptors (Lipinski definition) is 1. The average molecular weight is 284 g/mol. The fraction of sp³-hybridized carbons (Fsp3) is 0.500. The lowest BCUT2D eigenvalue weighted by Crippen LogP contribution is -2.17. The molecule has 1 nitrogen and oxygen atoms in total. The second-order valence-corrected chi connectivity index (χ2v) is 4.73. The molecule has 7 heteroatoms. The summed E-state index contributed by atoms with van der Waals surface area (Å²) in [5.74, 6) is 0. The van der Waals surface area contributed by atoms with Gasteiger partial charge < -0.3 is 5.11 Å². The molecule has 1 aliphatic rings. The quantitative estimate of drug-likeness (QED) is 0.820. The van der Waals surface area contributed by atoms with Crippen LogP contribution in [0.15, 0.2) is 18.2 Å². The van der Waals surface area contributed by atoms with Gasteiger partial charge in [0.25, 0.3) is 0 Å². The maximum absolute atomic E-state index is 12.6. The van der Waals surface area contributed by atoms with E-state index < -0.39 is 35.5 Å². The zero-order valence-corrected chi connectivity index (χ0v) is 9.57. The van der Waals surface area contributed by atoms with Gasteiger partial charge in [-0.3, -0.25) is 0 Å². The van der Waals surface area contributed by atoms with E-state index in [1.807, 2.05) is 0 Å². The molecule has 1 aromatic rings. The van der Waals surface area contributed by atoms with E-state index in [1.54, 1.807) is 0 Å². The zero-order valence-electron chi connectivity index (χ0n) is 9.57. The molecule has 1 fully saturated rings. The van der Waals surface area contributed by atoms with Crippen molar-refractivity contribution in [3.63, 3.8) is 0 Å². The van der Waals surface area contributed by atoms with E-state index in [0.29, 0.717) is 25.0 Å². The second-order valence-electron chi connectivity index (χ2n) is 4.73. The predicted molar refractivity (Wildman–Crippen MR) is 54.4 cm³/mol. The molecule has 1 N–H and O–H groups in total. The van der Waals surface area contributed by atoms with Crippen molar-refractivity contribution in [3.05, 3.63) is 34.9 Å². The number of halogens is 6. The lowest BCUT2D eigenvalue weighted by atomic mass is 9.92. The molecule has 1 aromatic carbocycles. The van der Waals surface area contributed by atoms with E-state index in [0.717, 1.165) is 0 Å². The number of alkyl halides is 6. The van der Waals surface area contributed by atoms with Gasteiger partial charge >= 0.3 is 12.4 Å². The maximum atomic E-state index is 12.6. The Balaban J connectivity index is 2.56. The molecule has 0 unspecified atom stereocenters. The van der Waals surface area contributed by atoms with Crippen molar-refractivity contribution in [2.75, 3.05) is 6.61 Å². The molecule has 0 bridgehead atoms. The fourth-order valence-electron chi connectivity index (χ4n) is 1.95.